The minimum absolute atomic E-state index is 0.0307. The first-order valence-corrected chi connectivity index (χ1v) is 15.3. The number of carbonyl (C=O) groups is 3. The van der Waals surface area contributed by atoms with Gasteiger partial charge >= 0.3 is 186 Å². The van der Waals surface area contributed by atoms with E-state index in [0.29, 0.717) is 0 Å². The molecule has 0 aromatic heterocycles. The van der Waals surface area contributed by atoms with Gasteiger partial charge in [-0.05, 0) is 0 Å². The monoisotopic (exact) mass is 500 g/mol. The van der Waals surface area contributed by atoms with E-state index in [9.17, 15) is 14.4 Å². The Bertz CT molecular complexity index is 780. The van der Waals surface area contributed by atoms with E-state index in [2.05, 4.69) is 31.8 Å². The summed E-state index contributed by atoms with van der Waals surface area (Å²) in [5.41, 5.74) is -2.38. The molecule has 1 aliphatic rings. The molecule has 0 spiro atoms. The summed E-state index contributed by atoms with van der Waals surface area (Å²) in [6, 6.07) is 10.0. The van der Waals surface area contributed by atoms with E-state index in [0.717, 1.165) is 4.46 Å². The van der Waals surface area contributed by atoms with Crippen molar-refractivity contribution in [3.8, 4) is 0 Å². The van der Waals surface area contributed by atoms with E-state index in [4.69, 9.17) is 14.2 Å². The molecule has 2 rings (SSSR count). The van der Waals surface area contributed by atoms with Crippen molar-refractivity contribution in [1.29, 1.82) is 0 Å². The topological polar surface area (TPSA) is 78.9 Å². The van der Waals surface area contributed by atoms with E-state index >= 15 is 0 Å². The fourth-order valence-electron chi connectivity index (χ4n) is 3.91. The Morgan fingerprint density at radius 3 is 1.90 bits per heavy atom. The average Bonchev–Trinajstić information content (AvgIpc) is 3.34. The predicted octanol–water partition coefficient (Wildman–Crippen LogP) is 2.60. The van der Waals surface area contributed by atoms with Gasteiger partial charge in [0.25, 0.3) is 0 Å². The Labute approximate surface area is 186 Å². The summed E-state index contributed by atoms with van der Waals surface area (Å²) in [4.78, 5) is 39.1. The Balaban J connectivity index is 2.57. The quantitative estimate of drug-likeness (QED) is 0.248. The molecule has 1 saturated carbocycles. The summed E-state index contributed by atoms with van der Waals surface area (Å²) >= 11 is -0.0412. The van der Waals surface area contributed by atoms with Crippen molar-refractivity contribution in [2.75, 3.05) is 14.2 Å². The molecule has 0 aliphatic heterocycles. The molecule has 1 fully saturated rings. The Morgan fingerprint density at radius 1 is 1.00 bits per heavy atom. The number of carbonyl (C=O) groups excluding carboxylic acids is 3. The van der Waals surface area contributed by atoms with Crippen molar-refractivity contribution in [2.24, 2.45) is 17.3 Å². The third-order valence-corrected chi connectivity index (χ3v) is 14.6. The molecule has 3 atom stereocenters. The molecular weight excluding hydrogens is 467 g/mol. The third kappa shape index (κ3) is 4.81. The van der Waals surface area contributed by atoms with Gasteiger partial charge in [0.1, 0.15) is 0 Å². The molecule has 1 aliphatic carbocycles. The second-order valence-corrected chi connectivity index (χ2v) is 18.4. The van der Waals surface area contributed by atoms with Gasteiger partial charge in [-0.1, -0.05) is 0 Å². The molecule has 166 valence electrons. The van der Waals surface area contributed by atoms with Gasteiger partial charge in [-0.3, -0.25) is 0 Å². The van der Waals surface area contributed by atoms with Crippen molar-refractivity contribution < 1.29 is 28.6 Å². The van der Waals surface area contributed by atoms with E-state index < -0.39 is 48.8 Å². The van der Waals surface area contributed by atoms with Crippen LogP contribution in [0.25, 0.3) is 0 Å². The number of ether oxygens (including phenoxy) is 3. The summed E-state index contributed by atoms with van der Waals surface area (Å²) < 4.78 is 16.9. The molecule has 0 radical (unpaired) electrons. The molecule has 6 nitrogen and oxygen atoms in total. The summed E-state index contributed by atoms with van der Waals surface area (Å²) in [7, 11) is 0.555. The SMILES string of the molecule is COC(=O)C1(C(=O)OC)[C@@H]([C@@H]([Se]c2ccccc2)[Si](C)(C)C)[C@H]1C(=O)OC(C)(C)C. The molecular formula is C22H32O6SeSi. The summed E-state index contributed by atoms with van der Waals surface area (Å²) in [5, 5.41) is 0. The van der Waals surface area contributed by atoms with Crippen LogP contribution >= 0.6 is 0 Å². The second-order valence-electron chi connectivity index (χ2n) is 9.61. The number of rotatable bonds is 7. The third-order valence-electron chi connectivity index (χ3n) is 5.16. The molecule has 1 aromatic rings. The van der Waals surface area contributed by atoms with Crippen molar-refractivity contribution in [3.05, 3.63) is 30.3 Å². The van der Waals surface area contributed by atoms with E-state index in [-0.39, 0.29) is 19.4 Å². The molecule has 0 amide bonds. The van der Waals surface area contributed by atoms with Crippen LogP contribution in [0.4, 0.5) is 0 Å². The fraction of sp³-hybridized carbons (Fsp3) is 0.591. The van der Waals surface area contributed by atoms with Crippen LogP contribution in [-0.4, -0.2) is 60.8 Å². The van der Waals surface area contributed by atoms with Crippen LogP contribution in [-0.2, 0) is 28.6 Å². The van der Waals surface area contributed by atoms with Crippen molar-refractivity contribution in [1.82, 2.24) is 0 Å². The zero-order valence-electron chi connectivity index (χ0n) is 19.0. The molecule has 0 N–H and O–H groups in total. The van der Waals surface area contributed by atoms with Crippen LogP contribution in [0.3, 0.4) is 0 Å². The van der Waals surface area contributed by atoms with Crippen LogP contribution in [0.2, 0.25) is 24.1 Å². The zero-order valence-corrected chi connectivity index (χ0v) is 21.7. The van der Waals surface area contributed by atoms with Gasteiger partial charge in [-0.25, -0.2) is 0 Å². The fourth-order valence-corrected chi connectivity index (χ4v) is 11.1. The molecule has 0 unspecified atom stereocenters. The molecule has 1 aromatic carbocycles. The number of hydrogen-bond donors (Lipinski definition) is 0. The molecule has 0 saturated heterocycles. The predicted molar refractivity (Wildman–Crippen MR) is 118 cm³/mol. The summed E-state index contributed by atoms with van der Waals surface area (Å²) in [5.74, 6) is -3.39. The zero-order chi connectivity index (χ0) is 22.9. The van der Waals surface area contributed by atoms with Gasteiger partial charge in [0.15, 0.2) is 0 Å². The maximum atomic E-state index is 13.2. The molecule has 30 heavy (non-hydrogen) atoms. The van der Waals surface area contributed by atoms with Gasteiger partial charge in [0.2, 0.25) is 0 Å². The Hall–Kier alpha value is -1.63. The van der Waals surface area contributed by atoms with Gasteiger partial charge < -0.3 is 0 Å². The first-order chi connectivity index (χ1) is 13.8. The van der Waals surface area contributed by atoms with Gasteiger partial charge in [-0.15, -0.1) is 0 Å². The van der Waals surface area contributed by atoms with Crippen LogP contribution in [0, 0.1) is 17.3 Å². The normalized spacial score (nSPS) is 21.3. The minimum atomic E-state index is -1.92. The van der Waals surface area contributed by atoms with Crippen molar-refractivity contribution in [3.63, 3.8) is 0 Å². The number of benzene rings is 1. The molecule has 8 heteroatoms. The van der Waals surface area contributed by atoms with Gasteiger partial charge in [0.05, 0.1) is 0 Å². The Morgan fingerprint density at radius 2 is 1.50 bits per heavy atom. The number of hydrogen-bond acceptors (Lipinski definition) is 6. The molecule has 0 bridgehead atoms. The van der Waals surface area contributed by atoms with E-state index in [1.165, 1.54) is 14.2 Å². The number of methoxy groups -OCH3 is 2. The van der Waals surface area contributed by atoms with Crippen molar-refractivity contribution in [2.45, 2.75) is 50.5 Å². The van der Waals surface area contributed by atoms with Crippen LogP contribution < -0.4 is 4.46 Å². The summed E-state index contributed by atoms with van der Waals surface area (Å²) in [6.07, 6.45) is 0. The Kier molecular flexibility index (Phi) is 7.27. The first-order valence-electron chi connectivity index (χ1n) is 9.92. The average molecular weight is 500 g/mol. The van der Waals surface area contributed by atoms with Crippen LogP contribution in [0.5, 0.6) is 0 Å². The van der Waals surface area contributed by atoms with E-state index in [1.54, 1.807) is 20.8 Å². The number of esters is 3. The standard InChI is InChI=1S/C22H32O6SeSi/c1-21(2,3)28-17(23)15-16(22(15,19(24)26-4)20(25)27-5)18(30(6,7)8)29-14-12-10-9-11-13-14/h9-13,15-16,18H,1-8H3/t15-,16+,18-/m0/s1. The van der Waals surface area contributed by atoms with Crippen LogP contribution in [0.15, 0.2) is 30.3 Å². The first kappa shape index (κ1) is 24.6. The molecule has 0 heterocycles. The maximum absolute atomic E-state index is 13.2. The van der Waals surface area contributed by atoms with Gasteiger partial charge in [-0.2, -0.15) is 0 Å². The van der Waals surface area contributed by atoms with Gasteiger partial charge in [0, 0.05) is 0 Å². The summed E-state index contributed by atoms with van der Waals surface area (Å²) in [6.45, 7) is 11.9. The van der Waals surface area contributed by atoms with Crippen molar-refractivity contribution >= 4 is 45.4 Å². The van der Waals surface area contributed by atoms with Crippen LogP contribution in [0.1, 0.15) is 20.8 Å². The van der Waals surface area contributed by atoms with E-state index in [1.807, 2.05) is 18.2 Å². The second kappa shape index (κ2) is 8.85.